The van der Waals surface area contributed by atoms with Crippen LogP contribution in [0, 0.1) is 5.82 Å². The van der Waals surface area contributed by atoms with E-state index in [1.54, 1.807) is 18.2 Å². The molecule has 3 rings (SSSR count). The van der Waals surface area contributed by atoms with E-state index in [0.717, 1.165) is 13.0 Å². The van der Waals surface area contributed by atoms with E-state index in [1.165, 1.54) is 37.4 Å². The van der Waals surface area contributed by atoms with Gasteiger partial charge in [-0.1, -0.05) is 12.1 Å². The Kier molecular flexibility index (Phi) is 8.11. The van der Waals surface area contributed by atoms with Gasteiger partial charge in [0.25, 0.3) is 0 Å². The fourth-order valence-electron chi connectivity index (χ4n) is 3.08. The van der Waals surface area contributed by atoms with Gasteiger partial charge >= 0.3 is 6.36 Å². The second-order valence-corrected chi connectivity index (χ2v) is 7.60. The molecule has 34 heavy (non-hydrogen) atoms. The van der Waals surface area contributed by atoms with E-state index in [9.17, 15) is 17.6 Å². The van der Waals surface area contributed by atoms with Crippen molar-refractivity contribution >= 4 is 17.5 Å². The van der Waals surface area contributed by atoms with Gasteiger partial charge in [-0.3, -0.25) is 0 Å². The molecule has 2 N–H and O–H groups in total. The maximum absolute atomic E-state index is 14.1. The fourth-order valence-corrected chi connectivity index (χ4v) is 3.08. The number of hydrogen-bond acceptors (Lipinski definition) is 7. The molecule has 0 spiro atoms. The molecule has 0 saturated carbocycles. The highest BCUT2D eigenvalue weighted by Crippen LogP contribution is 2.30. The summed E-state index contributed by atoms with van der Waals surface area (Å²) in [5, 5.41) is 6.13. The number of halogens is 4. The van der Waals surface area contributed by atoms with Crippen LogP contribution in [0.3, 0.4) is 0 Å². The number of rotatable bonds is 10. The van der Waals surface area contributed by atoms with Gasteiger partial charge in [0, 0.05) is 29.9 Å². The summed E-state index contributed by atoms with van der Waals surface area (Å²) in [4.78, 5) is 10.9. The molecule has 1 heterocycles. The number of hydrogen-bond donors (Lipinski definition) is 2. The molecule has 0 aliphatic heterocycles. The molecule has 0 aliphatic rings. The van der Waals surface area contributed by atoms with Crippen LogP contribution in [0.2, 0.25) is 0 Å². The zero-order valence-electron chi connectivity index (χ0n) is 18.9. The Morgan fingerprint density at radius 1 is 1.03 bits per heavy atom. The third-order valence-corrected chi connectivity index (χ3v) is 4.58. The van der Waals surface area contributed by atoms with Crippen LogP contribution in [0.5, 0.6) is 11.5 Å². The minimum atomic E-state index is -4.81. The topological polar surface area (TPSA) is 71.5 Å². The number of ether oxygens (including phenoxy) is 2. The van der Waals surface area contributed by atoms with Gasteiger partial charge in [0.05, 0.1) is 12.8 Å². The molecule has 0 bridgehead atoms. The zero-order valence-corrected chi connectivity index (χ0v) is 18.9. The first-order chi connectivity index (χ1) is 16.1. The number of alkyl halides is 3. The van der Waals surface area contributed by atoms with Crippen LogP contribution in [-0.2, 0) is 0 Å². The van der Waals surface area contributed by atoms with E-state index in [0.29, 0.717) is 29.3 Å². The summed E-state index contributed by atoms with van der Waals surface area (Å²) in [5.41, 5.74) is 1.16. The predicted octanol–water partition coefficient (Wildman–Crippen LogP) is 5.30. The summed E-state index contributed by atoms with van der Waals surface area (Å²) in [6, 6.07) is 11.4. The van der Waals surface area contributed by atoms with Gasteiger partial charge in [0.15, 0.2) is 11.6 Å². The van der Waals surface area contributed by atoms with Crippen molar-refractivity contribution in [3.05, 3.63) is 54.3 Å². The van der Waals surface area contributed by atoms with Gasteiger partial charge in [-0.05, 0) is 51.3 Å². The predicted molar refractivity (Wildman–Crippen MR) is 122 cm³/mol. The van der Waals surface area contributed by atoms with Crippen LogP contribution in [0.4, 0.5) is 35.0 Å². The molecule has 0 aliphatic carbocycles. The monoisotopic (exact) mass is 479 g/mol. The third kappa shape index (κ3) is 7.48. The highest BCUT2D eigenvalue weighted by Gasteiger charge is 2.31. The van der Waals surface area contributed by atoms with Crippen LogP contribution in [0.1, 0.15) is 6.42 Å². The van der Waals surface area contributed by atoms with Gasteiger partial charge < -0.3 is 25.0 Å². The molecule has 0 amide bonds. The van der Waals surface area contributed by atoms with E-state index in [2.05, 4.69) is 25.3 Å². The van der Waals surface area contributed by atoms with E-state index < -0.39 is 12.2 Å². The Balaban J connectivity index is 1.91. The Morgan fingerprint density at radius 3 is 2.50 bits per heavy atom. The first kappa shape index (κ1) is 25.0. The van der Waals surface area contributed by atoms with Gasteiger partial charge in [0.2, 0.25) is 5.95 Å². The average Bonchev–Trinajstić information content (AvgIpc) is 2.76. The van der Waals surface area contributed by atoms with E-state index >= 15 is 0 Å². The summed E-state index contributed by atoms with van der Waals surface area (Å²) in [6.45, 7) is 1.43. The van der Waals surface area contributed by atoms with Crippen molar-refractivity contribution in [2.75, 3.05) is 44.9 Å². The molecule has 1 aromatic heterocycles. The number of nitrogens with zero attached hydrogens (tertiary/aromatic N) is 3. The van der Waals surface area contributed by atoms with Crippen LogP contribution in [0.25, 0.3) is 11.3 Å². The molecule has 0 atom stereocenters. The molecule has 11 heteroatoms. The number of methoxy groups -OCH3 is 1. The third-order valence-electron chi connectivity index (χ3n) is 4.58. The lowest BCUT2D eigenvalue weighted by atomic mass is 10.1. The van der Waals surface area contributed by atoms with E-state index in [-0.39, 0.29) is 17.4 Å². The Bertz CT molecular complexity index is 1110. The van der Waals surface area contributed by atoms with Crippen molar-refractivity contribution in [3.8, 4) is 22.8 Å². The summed E-state index contributed by atoms with van der Waals surface area (Å²) >= 11 is 0. The van der Waals surface area contributed by atoms with Crippen LogP contribution in [0.15, 0.2) is 48.5 Å². The quantitative estimate of drug-likeness (QED) is 0.302. The molecule has 3 aromatic rings. The standard InChI is InChI=1S/C23H25F4N5O2/c1-32(2)11-5-10-28-22-30-19(15-6-4-7-17(12-15)34-23(25,26)27)14-21(31-22)29-16-8-9-20(33-3)18(24)13-16/h4,6-9,12-14H,5,10-11H2,1-3H3,(H2,28,29,30,31). The van der Waals surface area contributed by atoms with Crippen LogP contribution in [-0.4, -0.2) is 55.5 Å². The number of nitrogens with one attached hydrogen (secondary N) is 2. The Morgan fingerprint density at radius 2 is 1.82 bits per heavy atom. The molecule has 2 aromatic carbocycles. The fraction of sp³-hybridized carbons (Fsp3) is 0.304. The molecular formula is C23H25F4N5O2. The molecule has 0 unspecified atom stereocenters. The number of anilines is 3. The van der Waals surface area contributed by atoms with Crippen molar-refractivity contribution < 1.29 is 27.0 Å². The van der Waals surface area contributed by atoms with E-state index in [1.807, 2.05) is 19.0 Å². The SMILES string of the molecule is COc1ccc(Nc2cc(-c3cccc(OC(F)(F)F)c3)nc(NCCCN(C)C)n2)cc1F. The molecular weight excluding hydrogens is 454 g/mol. The smallest absolute Gasteiger partial charge is 0.494 e. The normalized spacial score (nSPS) is 11.4. The average molecular weight is 479 g/mol. The lowest BCUT2D eigenvalue weighted by Gasteiger charge is -2.14. The second kappa shape index (κ2) is 11.0. The number of benzene rings is 2. The Labute approximate surface area is 194 Å². The second-order valence-electron chi connectivity index (χ2n) is 7.60. The highest BCUT2D eigenvalue weighted by atomic mass is 19.4. The van der Waals surface area contributed by atoms with Crippen molar-refractivity contribution in [2.45, 2.75) is 12.8 Å². The van der Waals surface area contributed by atoms with Gasteiger partial charge in [-0.2, -0.15) is 4.98 Å². The largest absolute Gasteiger partial charge is 0.573 e. The minimum absolute atomic E-state index is 0.0960. The lowest BCUT2D eigenvalue weighted by molar-refractivity contribution is -0.274. The first-order valence-corrected chi connectivity index (χ1v) is 10.4. The zero-order chi connectivity index (χ0) is 24.7. The summed E-state index contributed by atoms with van der Waals surface area (Å²) in [7, 11) is 5.29. The van der Waals surface area contributed by atoms with Crippen molar-refractivity contribution in [1.29, 1.82) is 0 Å². The molecule has 0 fully saturated rings. The van der Waals surface area contributed by atoms with Crippen LogP contribution < -0.4 is 20.1 Å². The Hall–Kier alpha value is -3.60. The van der Waals surface area contributed by atoms with Crippen molar-refractivity contribution in [1.82, 2.24) is 14.9 Å². The molecule has 0 radical (unpaired) electrons. The summed E-state index contributed by atoms with van der Waals surface area (Å²) < 4.78 is 61.0. The molecule has 0 saturated heterocycles. The highest BCUT2D eigenvalue weighted by molar-refractivity contribution is 5.68. The summed E-state index contributed by atoms with van der Waals surface area (Å²) in [6.07, 6.45) is -3.99. The minimum Gasteiger partial charge on any atom is -0.494 e. The van der Waals surface area contributed by atoms with Gasteiger partial charge in [-0.25, -0.2) is 9.37 Å². The van der Waals surface area contributed by atoms with Gasteiger partial charge in [0.1, 0.15) is 11.6 Å². The van der Waals surface area contributed by atoms with Crippen molar-refractivity contribution in [2.24, 2.45) is 0 Å². The van der Waals surface area contributed by atoms with Gasteiger partial charge in [-0.15, -0.1) is 13.2 Å². The summed E-state index contributed by atoms with van der Waals surface area (Å²) in [5.74, 6) is -0.225. The maximum Gasteiger partial charge on any atom is 0.573 e. The lowest BCUT2D eigenvalue weighted by Crippen LogP contribution is -2.17. The molecule has 182 valence electrons. The first-order valence-electron chi connectivity index (χ1n) is 10.4. The van der Waals surface area contributed by atoms with Crippen molar-refractivity contribution in [3.63, 3.8) is 0 Å². The maximum atomic E-state index is 14.1. The number of aromatic nitrogens is 2. The molecule has 7 nitrogen and oxygen atoms in total. The van der Waals surface area contributed by atoms with Crippen LogP contribution >= 0.6 is 0 Å². The van der Waals surface area contributed by atoms with E-state index in [4.69, 9.17) is 4.74 Å².